The molecular weight excluding hydrogens is 348 g/mol. The molecule has 1 aromatic heterocycles. The molecule has 0 radical (unpaired) electrons. The van der Waals surface area contributed by atoms with Crippen molar-refractivity contribution in [2.75, 3.05) is 5.32 Å². The summed E-state index contributed by atoms with van der Waals surface area (Å²) in [5.74, 6) is 1.42. The number of hydrogen-bond acceptors (Lipinski definition) is 3. The highest BCUT2D eigenvalue weighted by molar-refractivity contribution is 6.30. The number of hydrogen-bond donors (Lipinski definition) is 1. The van der Waals surface area contributed by atoms with E-state index < -0.39 is 0 Å². The largest absolute Gasteiger partial charge is 0.490 e. The summed E-state index contributed by atoms with van der Waals surface area (Å²) in [6.07, 6.45) is 8.56. The van der Waals surface area contributed by atoms with E-state index in [1.165, 1.54) is 0 Å². The third kappa shape index (κ3) is 4.98. The number of carbonyl (C=O) groups is 1. The minimum absolute atomic E-state index is 0.0348. The highest BCUT2D eigenvalue weighted by atomic mass is 35.5. The SMILES string of the molecule is CCC(C(=O)Nc1ccc(Cl)cc1)[C@H]1CC[C@@H](Oc2ccncc2)CC1. The van der Waals surface area contributed by atoms with Crippen molar-refractivity contribution in [3.8, 4) is 5.75 Å². The molecule has 1 saturated carbocycles. The van der Waals surface area contributed by atoms with Crippen LogP contribution in [-0.2, 0) is 4.79 Å². The molecule has 1 unspecified atom stereocenters. The number of carbonyl (C=O) groups excluding carboxylic acids is 1. The molecule has 4 nitrogen and oxygen atoms in total. The van der Waals surface area contributed by atoms with Gasteiger partial charge in [-0.05, 0) is 74.4 Å². The van der Waals surface area contributed by atoms with E-state index in [0.29, 0.717) is 10.9 Å². The molecule has 1 atom stereocenters. The molecule has 0 aliphatic heterocycles. The van der Waals surface area contributed by atoms with E-state index in [1.54, 1.807) is 24.5 Å². The molecule has 3 rings (SSSR count). The Hall–Kier alpha value is -2.07. The first kappa shape index (κ1) is 18.7. The van der Waals surface area contributed by atoms with E-state index >= 15 is 0 Å². The van der Waals surface area contributed by atoms with Crippen LogP contribution in [0.2, 0.25) is 5.02 Å². The zero-order valence-corrected chi connectivity index (χ0v) is 15.8. The minimum atomic E-state index is 0.0348. The normalized spacial score (nSPS) is 21.0. The molecule has 1 aliphatic rings. The van der Waals surface area contributed by atoms with Crippen molar-refractivity contribution in [2.45, 2.75) is 45.1 Å². The number of rotatable bonds is 6. The highest BCUT2D eigenvalue weighted by Crippen LogP contribution is 2.34. The molecule has 0 saturated heterocycles. The number of nitrogens with one attached hydrogen (secondary N) is 1. The Bertz CT molecular complexity index is 698. The summed E-state index contributed by atoms with van der Waals surface area (Å²) < 4.78 is 6.03. The van der Waals surface area contributed by atoms with Crippen LogP contribution in [-0.4, -0.2) is 17.0 Å². The van der Waals surface area contributed by atoms with Crippen molar-refractivity contribution in [3.63, 3.8) is 0 Å². The highest BCUT2D eigenvalue weighted by Gasteiger charge is 2.31. The van der Waals surface area contributed by atoms with Crippen LogP contribution in [0.1, 0.15) is 39.0 Å². The summed E-state index contributed by atoms with van der Waals surface area (Å²) in [4.78, 5) is 16.7. The summed E-state index contributed by atoms with van der Waals surface area (Å²) >= 11 is 5.90. The molecule has 0 bridgehead atoms. The van der Waals surface area contributed by atoms with Gasteiger partial charge in [0.05, 0.1) is 6.10 Å². The molecule has 26 heavy (non-hydrogen) atoms. The lowest BCUT2D eigenvalue weighted by Gasteiger charge is -2.33. The smallest absolute Gasteiger partial charge is 0.227 e. The summed E-state index contributed by atoms with van der Waals surface area (Å²) in [7, 11) is 0. The van der Waals surface area contributed by atoms with Crippen LogP contribution < -0.4 is 10.1 Å². The van der Waals surface area contributed by atoms with Crippen molar-refractivity contribution in [1.82, 2.24) is 4.98 Å². The maximum absolute atomic E-state index is 12.7. The quantitative estimate of drug-likeness (QED) is 0.744. The van der Waals surface area contributed by atoms with Gasteiger partial charge in [-0.2, -0.15) is 0 Å². The lowest BCUT2D eigenvalue weighted by Crippen LogP contribution is -2.33. The maximum atomic E-state index is 12.7. The van der Waals surface area contributed by atoms with Gasteiger partial charge >= 0.3 is 0 Å². The van der Waals surface area contributed by atoms with Gasteiger partial charge in [0.1, 0.15) is 5.75 Å². The fraction of sp³-hybridized carbons (Fsp3) is 0.429. The molecule has 5 heteroatoms. The fourth-order valence-corrected chi connectivity index (χ4v) is 3.85. The zero-order chi connectivity index (χ0) is 18.4. The number of nitrogens with zero attached hydrogens (tertiary/aromatic N) is 1. The van der Waals surface area contributed by atoms with Gasteiger partial charge in [0, 0.05) is 29.0 Å². The second-order valence-electron chi connectivity index (χ2n) is 6.85. The maximum Gasteiger partial charge on any atom is 0.227 e. The van der Waals surface area contributed by atoms with E-state index in [4.69, 9.17) is 16.3 Å². The van der Waals surface area contributed by atoms with Gasteiger partial charge in [-0.1, -0.05) is 18.5 Å². The minimum Gasteiger partial charge on any atom is -0.490 e. The van der Waals surface area contributed by atoms with Gasteiger partial charge in [0.25, 0.3) is 0 Å². The topological polar surface area (TPSA) is 51.2 Å². The van der Waals surface area contributed by atoms with Gasteiger partial charge in [-0.3, -0.25) is 9.78 Å². The molecule has 1 aromatic carbocycles. The van der Waals surface area contributed by atoms with Crippen molar-refractivity contribution in [2.24, 2.45) is 11.8 Å². The van der Waals surface area contributed by atoms with Gasteiger partial charge < -0.3 is 10.1 Å². The van der Waals surface area contributed by atoms with Crippen molar-refractivity contribution in [1.29, 1.82) is 0 Å². The average Bonchev–Trinajstić information content (AvgIpc) is 2.66. The number of aromatic nitrogens is 1. The van der Waals surface area contributed by atoms with Gasteiger partial charge in [0.2, 0.25) is 5.91 Å². The Labute approximate surface area is 159 Å². The number of anilines is 1. The lowest BCUT2D eigenvalue weighted by atomic mass is 9.77. The Balaban J connectivity index is 1.52. The summed E-state index contributed by atoms with van der Waals surface area (Å²) in [6.45, 7) is 2.09. The predicted molar refractivity (Wildman–Crippen MR) is 104 cm³/mol. The van der Waals surface area contributed by atoms with E-state index in [0.717, 1.165) is 43.5 Å². The van der Waals surface area contributed by atoms with Crippen LogP contribution >= 0.6 is 11.6 Å². The van der Waals surface area contributed by atoms with Crippen LogP contribution in [0.25, 0.3) is 0 Å². The molecule has 1 amide bonds. The molecule has 138 valence electrons. The Morgan fingerprint density at radius 3 is 2.42 bits per heavy atom. The third-order valence-electron chi connectivity index (χ3n) is 5.13. The Morgan fingerprint density at radius 1 is 1.15 bits per heavy atom. The molecule has 1 fully saturated rings. The second-order valence-corrected chi connectivity index (χ2v) is 7.28. The molecule has 1 N–H and O–H groups in total. The first-order chi connectivity index (χ1) is 12.7. The van der Waals surface area contributed by atoms with Crippen molar-refractivity contribution >= 4 is 23.2 Å². The van der Waals surface area contributed by atoms with Crippen LogP contribution in [0, 0.1) is 11.8 Å². The molecule has 1 heterocycles. The fourth-order valence-electron chi connectivity index (χ4n) is 3.72. The van der Waals surface area contributed by atoms with E-state index in [1.807, 2.05) is 24.3 Å². The van der Waals surface area contributed by atoms with Gasteiger partial charge in [-0.15, -0.1) is 0 Å². The number of ether oxygens (including phenoxy) is 1. The molecule has 0 spiro atoms. The first-order valence-corrected chi connectivity index (χ1v) is 9.66. The van der Waals surface area contributed by atoms with Crippen LogP contribution in [0.4, 0.5) is 5.69 Å². The molecular formula is C21H25ClN2O2. The number of benzene rings is 1. The van der Waals surface area contributed by atoms with Crippen LogP contribution in [0.3, 0.4) is 0 Å². The Morgan fingerprint density at radius 2 is 1.81 bits per heavy atom. The summed E-state index contributed by atoms with van der Waals surface area (Å²) in [6, 6.07) is 11.0. The second kappa shape index (κ2) is 9.04. The third-order valence-corrected chi connectivity index (χ3v) is 5.38. The average molecular weight is 373 g/mol. The number of amides is 1. The first-order valence-electron chi connectivity index (χ1n) is 9.29. The summed E-state index contributed by atoms with van der Waals surface area (Å²) in [5, 5.41) is 3.70. The van der Waals surface area contributed by atoms with E-state index in [9.17, 15) is 4.79 Å². The van der Waals surface area contributed by atoms with Gasteiger partial charge in [-0.25, -0.2) is 0 Å². The standard InChI is InChI=1S/C21H25ClN2O2/c1-2-20(21(25)24-17-7-5-16(22)6-8-17)15-3-9-18(10-4-15)26-19-11-13-23-14-12-19/h5-8,11-15,18,20H,2-4,9-10H2,1H3,(H,24,25)/t15-,18+,20?. The number of pyridine rings is 1. The molecule has 2 aromatic rings. The predicted octanol–water partition coefficient (Wildman–Crippen LogP) is 5.34. The monoisotopic (exact) mass is 372 g/mol. The van der Waals surface area contributed by atoms with E-state index in [2.05, 4.69) is 17.2 Å². The van der Waals surface area contributed by atoms with Crippen LogP contribution in [0.15, 0.2) is 48.8 Å². The van der Waals surface area contributed by atoms with Crippen LogP contribution in [0.5, 0.6) is 5.75 Å². The zero-order valence-electron chi connectivity index (χ0n) is 15.0. The van der Waals surface area contributed by atoms with E-state index in [-0.39, 0.29) is 17.9 Å². The van der Waals surface area contributed by atoms with Gasteiger partial charge in [0.15, 0.2) is 0 Å². The Kier molecular flexibility index (Phi) is 6.51. The molecule has 1 aliphatic carbocycles. The van der Waals surface area contributed by atoms with Crippen molar-refractivity contribution in [3.05, 3.63) is 53.8 Å². The van der Waals surface area contributed by atoms with Crippen molar-refractivity contribution < 1.29 is 9.53 Å². The summed E-state index contributed by atoms with van der Waals surface area (Å²) in [5.41, 5.74) is 0.799. The lowest BCUT2D eigenvalue weighted by molar-refractivity contribution is -0.122. The number of halogens is 1.